The molecule has 1 aliphatic rings. The zero-order valence-corrected chi connectivity index (χ0v) is 20.6. The number of thiophene rings is 1. The molecule has 0 amide bonds. The lowest BCUT2D eigenvalue weighted by Crippen LogP contribution is -2.39. The maximum atomic E-state index is 13.4. The van der Waals surface area contributed by atoms with E-state index < -0.39 is 12.0 Å². The van der Waals surface area contributed by atoms with Gasteiger partial charge >= 0.3 is 5.97 Å². The second-order valence-corrected chi connectivity index (χ2v) is 9.86. The summed E-state index contributed by atoms with van der Waals surface area (Å²) < 4.78 is 14.0. The first-order valence-corrected chi connectivity index (χ1v) is 12.0. The monoisotopic (exact) mass is 521 g/mol. The molecule has 31 heavy (non-hydrogen) atoms. The van der Waals surface area contributed by atoms with E-state index in [1.165, 1.54) is 22.7 Å². The van der Waals surface area contributed by atoms with Crippen LogP contribution in [0.5, 0.6) is 0 Å². The van der Waals surface area contributed by atoms with Crippen LogP contribution in [0.15, 0.2) is 53.5 Å². The molecule has 4 rings (SSSR count). The summed E-state index contributed by atoms with van der Waals surface area (Å²) in [6, 6.07) is 5.06. The van der Waals surface area contributed by atoms with Crippen LogP contribution in [-0.4, -0.2) is 31.2 Å². The highest BCUT2D eigenvalue weighted by atomic mass is 79.9. The molecule has 162 valence electrons. The first-order valence-electron chi connectivity index (χ1n) is 9.51. The molecular formula is C21H20BrN3O4S2. The van der Waals surface area contributed by atoms with Crippen LogP contribution in [0.4, 0.5) is 5.88 Å². The van der Waals surface area contributed by atoms with Gasteiger partial charge in [-0.1, -0.05) is 17.4 Å². The molecule has 3 aromatic heterocycles. The zero-order valence-electron chi connectivity index (χ0n) is 17.3. The molecule has 0 saturated carbocycles. The van der Waals surface area contributed by atoms with Gasteiger partial charge in [-0.25, -0.2) is 9.79 Å². The zero-order chi connectivity index (χ0) is 22.3. The number of halogens is 1. The summed E-state index contributed by atoms with van der Waals surface area (Å²) in [6.45, 7) is 3.78. The van der Waals surface area contributed by atoms with E-state index in [9.17, 15) is 9.59 Å². The minimum atomic E-state index is -0.571. The molecule has 1 atom stereocenters. The number of carbonyl (C=O) groups excluding carboxylic acids is 1. The van der Waals surface area contributed by atoms with Gasteiger partial charge in [-0.15, -0.1) is 11.3 Å². The maximum absolute atomic E-state index is 13.4. The number of hydrogen-bond donors (Lipinski definition) is 0. The summed E-state index contributed by atoms with van der Waals surface area (Å²) in [7, 11) is 3.75. The van der Waals surface area contributed by atoms with Gasteiger partial charge in [0, 0.05) is 31.1 Å². The molecule has 0 unspecified atom stereocenters. The standard InChI is InChI=1S/C21H20BrN3O4S2/c1-5-28-20(27)16-11(2)23-21-25(17(16)14-7-6-8-30-14)18(26)15(31-21)10-12-9-13(22)19(29-12)24(3)4/h6-10,17H,5H2,1-4H3/b15-10+/t17-/m1/s1. The van der Waals surface area contributed by atoms with E-state index in [0.717, 1.165) is 9.35 Å². The van der Waals surface area contributed by atoms with Crippen molar-refractivity contribution in [1.29, 1.82) is 0 Å². The number of anilines is 1. The van der Waals surface area contributed by atoms with Crippen molar-refractivity contribution < 1.29 is 13.9 Å². The Kier molecular flexibility index (Phi) is 6.05. The van der Waals surface area contributed by atoms with Crippen molar-refractivity contribution in [3.63, 3.8) is 0 Å². The largest absolute Gasteiger partial charge is 0.463 e. The molecule has 4 heterocycles. The third-order valence-corrected chi connectivity index (χ3v) is 7.17. The smallest absolute Gasteiger partial charge is 0.338 e. The van der Waals surface area contributed by atoms with Crippen LogP contribution < -0.4 is 19.8 Å². The highest BCUT2D eigenvalue weighted by molar-refractivity contribution is 9.10. The van der Waals surface area contributed by atoms with E-state index in [4.69, 9.17) is 9.15 Å². The van der Waals surface area contributed by atoms with Crippen LogP contribution in [0.3, 0.4) is 0 Å². The molecule has 0 aliphatic carbocycles. The van der Waals surface area contributed by atoms with Crippen LogP contribution in [0, 0.1) is 0 Å². The Morgan fingerprint density at radius 2 is 2.23 bits per heavy atom. The van der Waals surface area contributed by atoms with Gasteiger partial charge in [0.2, 0.25) is 5.88 Å². The first kappa shape index (κ1) is 21.8. The number of hydrogen-bond acceptors (Lipinski definition) is 8. The van der Waals surface area contributed by atoms with E-state index in [1.54, 1.807) is 24.5 Å². The number of nitrogens with zero attached hydrogens (tertiary/aromatic N) is 3. The average Bonchev–Trinajstić information content (AvgIpc) is 3.42. The predicted molar refractivity (Wildman–Crippen MR) is 125 cm³/mol. The summed E-state index contributed by atoms with van der Waals surface area (Å²) in [6.07, 6.45) is 1.70. The quantitative estimate of drug-likeness (QED) is 0.481. The van der Waals surface area contributed by atoms with Gasteiger partial charge in [0.25, 0.3) is 5.56 Å². The van der Waals surface area contributed by atoms with Crippen LogP contribution in [0.25, 0.3) is 6.08 Å². The summed E-state index contributed by atoms with van der Waals surface area (Å²) in [5.74, 6) is 0.757. The van der Waals surface area contributed by atoms with Gasteiger partial charge < -0.3 is 14.1 Å². The van der Waals surface area contributed by atoms with Crippen molar-refractivity contribution in [1.82, 2.24) is 4.57 Å². The van der Waals surface area contributed by atoms with Crippen LogP contribution in [0.1, 0.15) is 30.5 Å². The fraction of sp³-hybridized carbons (Fsp3) is 0.286. The van der Waals surface area contributed by atoms with Crippen LogP contribution in [-0.2, 0) is 9.53 Å². The number of ether oxygens (including phenoxy) is 1. The molecule has 0 N–H and O–H groups in total. The van der Waals surface area contributed by atoms with Crippen molar-refractivity contribution in [2.24, 2.45) is 4.99 Å². The van der Waals surface area contributed by atoms with Crippen molar-refractivity contribution in [2.75, 3.05) is 25.6 Å². The van der Waals surface area contributed by atoms with Crippen LogP contribution >= 0.6 is 38.6 Å². The summed E-state index contributed by atoms with van der Waals surface area (Å²) in [5, 5.41) is 1.92. The van der Waals surface area contributed by atoms with Crippen LogP contribution in [0.2, 0.25) is 0 Å². The molecule has 0 fully saturated rings. The molecule has 0 saturated heterocycles. The van der Waals surface area contributed by atoms with Gasteiger partial charge in [0.15, 0.2) is 4.80 Å². The Balaban J connectivity index is 1.91. The van der Waals surface area contributed by atoms with E-state index in [0.29, 0.717) is 32.2 Å². The molecule has 3 aromatic rings. The lowest BCUT2D eigenvalue weighted by molar-refractivity contribution is -0.139. The fourth-order valence-corrected chi connectivity index (χ4v) is 5.90. The summed E-state index contributed by atoms with van der Waals surface area (Å²) >= 11 is 6.23. The summed E-state index contributed by atoms with van der Waals surface area (Å²) in [4.78, 5) is 34.0. The topological polar surface area (TPSA) is 77.0 Å². The normalized spacial score (nSPS) is 16.3. The van der Waals surface area contributed by atoms with Gasteiger partial charge in [-0.2, -0.15) is 0 Å². The van der Waals surface area contributed by atoms with E-state index in [-0.39, 0.29) is 12.2 Å². The SMILES string of the molecule is CCOC(=O)C1=C(C)N=c2s/c(=C/c3cc(Br)c(N(C)C)o3)c(=O)n2[C@@H]1c1cccs1. The van der Waals surface area contributed by atoms with Crippen molar-refractivity contribution >= 4 is 56.5 Å². The Labute approximate surface area is 194 Å². The van der Waals surface area contributed by atoms with E-state index in [2.05, 4.69) is 20.9 Å². The number of thiazole rings is 1. The first-order chi connectivity index (χ1) is 14.8. The Hall–Kier alpha value is -2.43. The lowest BCUT2D eigenvalue weighted by Gasteiger charge is -2.23. The molecule has 0 spiro atoms. The molecule has 0 radical (unpaired) electrons. The van der Waals surface area contributed by atoms with Gasteiger partial charge in [-0.3, -0.25) is 9.36 Å². The van der Waals surface area contributed by atoms with Gasteiger partial charge in [0.05, 0.1) is 26.9 Å². The van der Waals surface area contributed by atoms with Crippen molar-refractivity contribution in [3.8, 4) is 0 Å². The number of fused-ring (bicyclic) bond motifs is 1. The molecule has 1 aliphatic heterocycles. The second-order valence-electron chi connectivity index (χ2n) is 7.01. The highest BCUT2D eigenvalue weighted by Crippen LogP contribution is 2.33. The predicted octanol–water partition coefficient (Wildman–Crippen LogP) is 3.28. The van der Waals surface area contributed by atoms with E-state index >= 15 is 0 Å². The molecule has 7 nitrogen and oxygen atoms in total. The number of aromatic nitrogens is 1. The van der Waals surface area contributed by atoms with Crippen molar-refractivity contribution in [2.45, 2.75) is 19.9 Å². The van der Waals surface area contributed by atoms with Crippen molar-refractivity contribution in [3.05, 3.63) is 69.6 Å². The molecule has 0 bridgehead atoms. The second kappa shape index (κ2) is 8.60. The lowest BCUT2D eigenvalue weighted by atomic mass is 10.0. The highest BCUT2D eigenvalue weighted by Gasteiger charge is 2.33. The molecule has 0 aromatic carbocycles. The number of esters is 1. The third kappa shape index (κ3) is 3.95. The minimum Gasteiger partial charge on any atom is -0.463 e. The molecule has 10 heteroatoms. The Bertz CT molecular complexity index is 1350. The third-order valence-electron chi connectivity index (χ3n) is 4.70. The average molecular weight is 522 g/mol. The van der Waals surface area contributed by atoms with Gasteiger partial charge in [-0.05, 0) is 41.2 Å². The number of furan rings is 1. The Morgan fingerprint density at radius 3 is 2.84 bits per heavy atom. The Morgan fingerprint density at radius 1 is 1.45 bits per heavy atom. The minimum absolute atomic E-state index is 0.227. The summed E-state index contributed by atoms with van der Waals surface area (Å²) in [5.41, 5.74) is 0.717. The number of carbonyl (C=O) groups is 1. The molecular weight excluding hydrogens is 502 g/mol. The van der Waals surface area contributed by atoms with Gasteiger partial charge in [0.1, 0.15) is 11.8 Å². The maximum Gasteiger partial charge on any atom is 0.338 e. The van der Waals surface area contributed by atoms with E-state index in [1.807, 2.05) is 42.6 Å². The number of rotatable bonds is 5. The number of allylic oxidation sites excluding steroid dienone is 1. The fourth-order valence-electron chi connectivity index (χ4n) is 3.39.